The molecule has 8 nitrogen and oxygen atoms in total. The van der Waals surface area contributed by atoms with Crippen LogP contribution in [-0.2, 0) is 4.74 Å². The van der Waals surface area contributed by atoms with Crippen LogP contribution < -0.4 is 20.1 Å². The van der Waals surface area contributed by atoms with Crippen molar-refractivity contribution in [3.63, 3.8) is 0 Å². The normalized spacial score (nSPS) is 18.2. The van der Waals surface area contributed by atoms with E-state index in [2.05, 4.69) is 20.6 Å². The minimum absolute atomic E-state index is 0.0745. The van der Waals surface area contributed by atoms with E-state index in [4.69, 9.17) is 14.2 Å². The molecule has 2 aromatic heterocycles. The molecule has 3 N–H and O–H groups in total. The summed E-state index contributed by atoms with van der Waals surface area (Å²) >= 11 is 0. The van der Waals surface area contributed by atoms with Gasteiger partial charge in [0.2, 0.25) is 0 Å². The zero-order chi connectivity index (χ0) is 23.5. The van der Waals surface area contributed by atoms with Crippen molar-refractivity contribution in [2.45, 2.75) is 25.2 Å². The number of carbonyl (C=O) groups excluding carboxylic acids is 1. The van der Waals surface area contributed by atoms with Gasteiger partial charge in [0.1, 0.15) is 12.4 Å². The van der Waals surface area contributed by atoms with Crippen molar-refractivity contribution in [2.24, 2.45) is 0 Å². The first-order valence-corrected chi connectivity index (χ1v) is 11.5. The average molecular weight is 467 g/mol. The summed E-state index contributed by atoms with van der Waals surface area (Å²) in [7, 11) is 1.41. The molecule has 5 rings (SSSR count). The van der Waals surface area contributed by atoms with Gasteiger partial charge in [0.15, 0.2) is 11.6 Å². The number of nitrogens with zero attached hydrogens (tertiary/aromatic N) is 1. The summed E-state index contributed by atoms with van der Waals surface area (Å²) in [6.45, 7) is 2.07. The summed E-state index contributed by atoms with van der Waals surface area (Å²) < 4.78 is 31.4. The van der Waals surface area contributed by atoms with Gasteiger partial charge in [0.25, 0.3) is 5.91 Å². The van der Waals surface area contributed by atoms with Gasteiger partial charge in [-0.1, -0.05) is 12.5 Å². The standard InChI is InChI=1S/C25H27FN4O4/c1-32-24-17(26)6-4-7-18(24)29-23-20-21-15(13-28-25(20)31)5-2-3-10-33-11-12-34-19-14-27-9-8-16(19)22(23)30-21/h4,6-9,14-15,29-30H,2-3,5,10-13H2,1H3,(H,28,31). The van der Waals surface area contributed by atoms with Crippen LogP contribution >= 0.6 is 0 Å². The molecule has 0 fully saturated rings. The third-order valence-electron chi connectivity index (χ3n) is 6.23. The number of halogens is 1. The molecule has 2 bridgehead atoms. The van der Waals surface area contributed by atoms with E-state index in [1.807, 2.05) is 6.07 Å². The summed E-state index contributed by atoms with van der Waals surface area (Å²) in [4.78, 5) is 20.8. The van der Waals surface area contributed by atoms with Crippen molar-refractivity contribution >= 4 is 17.3 Å². The number of nitrogens with one attached hydrogen (secondary N) is 3. The Bertz CT molecular complexity index is 1200. The molecular weight excluding hydrogens is 439 g/mol. The van der Waals surface area contributed by atoms with Gasteiger partial charge < -0.3 is 29.8 Å². The summed E-state index contributed by atoms with van der Waals surface area (Å²) in [5.74, 6) is 0.0758. The number of H-pyrrole nitrogens is 1. The maximum atomic E-state index is 14.4. The second-order valence-corrected chi connectivity index (χ2v) is 8.34. The van der Waals surface area contributed by atoms with Crippen LogP contribution in [0.5, 0.6) is 11.5 Å². The van der Waals surface area contributed by atoms with Crippen molar-refractivity contribution in [1.29, 1.82) is 0 Å². The second-order valence-electron chi connectivity index (χ2n) is 8.34. The van der Waals surface area contributed by atoms with Gasteiger partial charge in [0.05, 0.1) is 42.5 Å². The van der Waals surface area contributed by atoms with Gasteiger partial charge in [-0.05, 0) is 31.0 Å². The molecule has 0 saturated heterocycles. The number of ether oxygens (including phenoxy) is 3. The van der Waals surface area contributed by atoms with E-state index < -0.39 is 5.82 Å². The predicted octanol–water partition coefficient (Wildman–Crippen LogP) is 4.37. The Kier molecular flexibility index (Phi) is 6.35. The Morgan fingerprint density at radius 3 is 3.00 bits per heavy atom. The van der Waals surface area contributed by atoms with Gasteiger partial charge in [-0.25, -0.2) is 4.39 Å². The van der Waals surface area contributed by atoms with Crippen LogP contribution in [-0.4, -0.2) is 49.4 Å². The molecule has 0 aliphatic carbocycles. The SMILES string of the molecule is COc1c(F)cccc1Nc1c2[nH]c3c1C(=O)NCC3CCCCOCCOc1cnccc1-2. The molecule has 3 aromatic rings. The summed E-state index contributed by atoms with van der Waals surface area (Å²) in [5.41, 5.74) is 3.76. The van der Waals surface area contributed by atoms with Crippen molar-refractivity contribution < 1.29 is 23.4 Å². The van der Waals surface area contributed by atoms with E-state index in [9.17, 15) is 9.18 Å². The van der Waals surface area contributed by atoms with Crippen molar-refractivity contribution in [1.82, 2.24) is 15.3 Å². The second kappa shape index (κ2) is 9.72. The topological polar surface area (TPSA) is 97.5 Å². The minimum atomic E-state index is -0.493. The van der Waals surface area contributed by atoms with Crippen LogP contribution in [0.3, 0.4) is 0 Å². The van der Waals surface area contributed by atoms with E-state index >= 15 is 0 Å². The largest absolute Gasteiger partial charge is 0.492 e. The zero-order valence-corrected chi connectivity index (χ0v) is 18.9. The lowest BCUT2D eigenvalue weighted by atomic mass is 9.91. The van der Waals surface area contributed by atoms with Crippen LogP contribution in [0.15, 0.2) is 36.7 Å². The number of anilines is 2. The molecule has 1 unspecified atom stereocenters. The monoisotopic (exact) mass is 466 g/mol. The molecule has 2 aliphatic heterocycles. The molecule has 9 heteroatoms. The molecule has 0 saturated carbocycles. The van der Waals surface area contributed by atoms with E-state index in [1.54, 1.807) is 24.5 Å². The molecule has 0 spiro atoms. The van der Waals surface area contributed by atoms with Crippen LogP contribution in [0.1, 0.15) is 41.2 Å². The fourth-order valence-electron chi connectivity index (χ4n) is 4.60. The number of benzene rings is 1. The fourth-order valence-corrected chi connectivity index (χ4v) is 4.60. The van der Waals surface area contributed by atoms with Gasteiger partial charge in [0, 0.05) is 36.5 Å². The minimum Gasteiger partial charge on any atom is -0.492 e. The molecule has 2 aliphatic rings. The Balaban J connectivity index is 1.69. The number of hydrogen-bond donors (Lipinski definition) is 3. The smallest absolute Gasteiger partial charge is 0.255 e. The molecule has 0 radical (unpaired) electrons. The molecule has 34 heavy (non-hydrogen) atoms. The third kappa shape index (κ3) is 4.19. The van der Waals surface area contributed by atoms with Crippen LogP contribution in [0.25, 0.3) is 11.3 Å². The molecule has 1 atom stereocenters. The Hall–Kier alpha value is -3.59. The Labute approximate surface area is 196 Å². The number of fused-ring (bicyclic) bond motifs is 3. The highest BCUT2D eigenvalue weighted by Crippen LogP contribution is 2.44. The summed E-state index contributed by atoms with van der Waals surface area (Å²) in [5, 5.41) is 6.31. The van der Waals surface area contributed by atoms with E-state index in [0.717, 1.165) is 30.5 Å². The van der Waals surface area contributed by atoms with E-state index in [0.29, 0.717) is 54.7 Å². The number of para-hydroxylation sites is 1. The molecule has 1 amide bonds. The first-order valence-electron chi connectivity index (χ1n) is 11.5. The number of rotatable bonds is 3. The molecular formula is C25H27FN4O4. The van der Waals surface area contributed by atoms with Crippen molar-refractivity contribution in [3.8, 4) is 22.8 Å². The predicted molar refractivity (Wildman–Crippen MR) is 125 cm³/mol. The number of aromatic nitrogens is 2. The lowest BCUT2D eigenvalue weighted by Gasteiger charge is -2.24. The highest BCUT2D eigenvalue weighted by atomic mass is 19.1. The first kappa shape index (κ1) is 22.2. The lowest BCUT2D eigenvalue weighted by molar-refractivity contribution is 0.0931. The van der Waals surface area contributed by atoms with E-state index in [1.165, 1.54) is 13.2 Å². The Morgan fingerprint density at radius 2 is 2.12 bits per heavy atom. The van der Waals surface area contributed by atoms with Gasteiger partial charge in [-0.15, -0.1) is 0 Å². The highest BCUT2D eigenvalue weighted by Gasteiger charge is 2.33. The molecule has 178 valence electrons. The van der Waals surface area contributed by atoms with Crippen LogP contribution in [0.2, 0.25) is 0 Å². The van der Waals surface area contributed by atoms with E-state index in [-0.39, 0.29) is 17.6 Å². The number of amides is 1. The summed E-state index contributed by atoms with van der Waals surface area (Å²) in [6.07, 6.45) is 6.11. The average Bonchev–Trinajstić information content (AvgIpc) is 3.22. The van der Waals surface area contributed by atoms with Gasteiger partial charge in [-0.3, -0.25) is 9.78 Å². The number of pyridine rings is 1. The lowest BCUT2D eigenvalue weighted by Crippen LogP contribution is -2.35. The quantitative estimate of drug-likeness (QED) is 0.530. The van der Waals surface area contributed by atoms with Gasteiger partial charge >= 0.3 is 0 Å². The number of aromatic amines is 1. The summed E-state index contributed by atoms with van der Waals surface area (Å²) in [6, 6.07) is 6.48. The Morgan fingerprint density at radius 1 is 1.21 bits per heavy atom. The maximum Gasteiger partial charge on any atom is 0.255 e. The molecule has 4 heterocycles. The van der Waals surface area contributed by atoms with Crippen LogP contribution in [0.4, 0.5) is 15.8 Å². The number of methoxy groups -OCH3 is 1. The molecule has 1 aromatic carbocycles. The number of carbonyl (C=O) groups is 1. The fraction of sp³-hybridized carbons (Fsp3) is 0.360. The van der Waals surface area contributed by atoms with Crippen molar-refractivity contribution in [2.75, 3.05) is 38.8 Å². The van der Waals surface area contributed by atoms with Crippen molar-refractivity contribution in [3.05, 3.63) is 53.7 Å². The number of hydrogen-bond acceptors (Lipinski definition) is 6. The first-order chi connectivity index (χ1) is 16.7. The maximum absolute atomic E-state index is 14.4. The van der Waals surface area contributed by atoms with Crippen LogP contribution in [0, 0.1) is 5.82 Å². The third-order valence-corrected chi connectivity index (χ3v) is 6.23. The highest BCUT2D eigenvalue weighted by molar-refractivity contribution is 6.07. The zero-order valence-electron chi connectivity index (χ0n) is 18.9. The van der Waals surface area contributed by atoms with Gasteiger partial charge in [-0.2, -0.15) is 0 Å².